The highest BCUT2D eigenvalue weighted by Crippen LogP contribution is 2.45. The predicted molar refractivity (Wildman–Crippen MR) is 64.7 cm³/mol. The number of likely N-dealkylation sites (tertiary alicyclic amines) is 1. The second-order valence-electron chi connectivity index (χ2n) is 6.42. The van der Waals surface area contributed by atoms with Crippen LogP contribution in [-0.2, 0) is 4.74 Å². The van der Waals surface area contributed by atoms with Crippen LogP contribution >= 0.6 is 0 Å². The summed E-state index contributed by atoms with van der Waals surface area (Å²) in [6.45, 7) is 7.00. The zero-order valence-electron chi connectivity index (χ0n) is 11.0. The number of nitrogens with zero attached hydrogens (tertiary/aromatic N) is 1. The number of carbonyl (C=O) groups is 1. The molecule has 1 N–H and O–H groups in total. The first-order valence-electron chi connectivity index (χ1n) is 6.48. The SMILES string of the molecule is CC(C)(C)OC(=O)N1CC[C@]2(CCC[C@@H]2O)C1. The molecule has 2 aliphatic rings. The van der Waals surface area contributed by atoms with Crippen molar-refractivity contribution in [1.29, 1.82) is 0 Å². The van der Waals surface area contributed by atoms with E-state index in [0.717, 1.165) is 25.7 Å². The molecule has 1 amide bonds. The van der Waals surface area contributed by atoms with Crippen LogP contribution in [0, 0.1) is 5.41 Å². The Morgan fingerprint density at radius 2 is 2.12 bits per heavy atom. The molecule has 0 aromatic heterocycles. The predicted octanol–water partition coefficient (Wildman–Crippen LogP) is 2.16. The fourth-order valence-electron chi connectivity index (χ4n) is 2.97. The van der Waals surface area contributed by atoms with Gasteiger partial charge in [0.2, 0.25) is 0 Å². The van der Waals surface area contributed by atoms with Crippen LogP contribution < -0.4 is 0 Å². The smallest absolute Gasteiger partial charge is 0.410 e. The molecule has 4 heteroatoms. The maximum absolute atomic E-state index is 11.9. The van der Waals surface area contributed by atoms with E-state index in [4.69, 9.17) is 4.74 Å². The first-order valence-corrected chi connectivity index (χ1v) is 6.48. The molecule has 2 rings (SSSR count). The van der Waals surface area contributed by atoms with Crippen LogP contribution in [0.1, 0.15) is 46.5 Å². The van der Waals surface area contributed by atoms with Crippen LogP contribution in [0.25, 0.3) is 0 Å². The third-order valence-corrected chi connectivity index (χ3v) is 3.90. The molecule has 17 heavy (non-hydrogen) atoms. The molecule has 1 saturated carbocycles. The van der Waals surface area contributed by atoms with E-state index in [1.54, 1.807) is 4.90 Å². The Hall–Kier alpha value is -0.770. The molecule has 2 atom stereocenters. The van der Waals surface area contributed by atoms with Crippen molar-refractivity contribution in [2.75, 3.05) is 13.1 Å². The molecule has 0 aromatic carbocycles. The van der Waals surface area contributed by atoms with Gasteiger partial charge in [-0.25, -0.2) is 4.79 Å². The lowest BCUT2D eigenvalue weighted by atomic mass is 9.83. The van der Waals surface area contributed by atoms with Gasteiger partial charge in [0.15, 0.2) is 0 Å². The minimum atomic E-state index is -0.443. The van der Waals surface area contributed by atoms with Gasteiger partial charge in [-0.2, -0.15) is 0 Å². The number of amides is 1. The first-order chi connectivity index (χ1) is 7.82. The van der Waals surface area contributed by atoms with Crippen molar-refractivity contribution in [3.05, 3.63) is 0 Å². The Morgan fingerprint density at radius 1 is 1.41 bits per heavy atom. The van der Waals surface area contributed by atoms with Gasteiger partial charge in [0.25, 0.3) is 0 Å². The van der Waals surface area contributed by atoms with Crippen LogP contribution in [-0.4, -0.2) is 40.9 Å². The first kappa shape index (κ1) is 12.7. The molecule has 2 fully saturated rings. The summed E-state index contributed by atoms with van der Waals surface area (Å²) in [6.07, 6.45) is 3.41. The maximum Gasteiger partial charge on any atom is 0.410 e. The normalized spacial score (nSPS) is 33.4. The molecule has 4 nitrogen and oxygen atoms in total. The van der Waals surface area contributed by atoms with Gasteiger partial charge in [-0.05, 0) is 40.0 Å². The summed E-state index contributed by atoms with van der Waals surface area (Å²) in [5.41, 5.74) is -0.488. The maximum atomic E-state index is 11.9. The molecule has 1 heterocycles. The van der Waals surface area contributed by atoms with Gasteiger partial charge in [-0.3, -0.25) is 0 Å². The van der Waals surface area contributed by atoms with Crippen LogP contribution in [0.15, 0.2) is 0 Å². The van der Waals surface area contributed by atoms with E-state index in [1.165, 1.54) is 0 Å². The van der Waals surface area contributed by atoms with Crippen molar-refractivity contribution in [2.24, 2.45) is 5.41 Å². The lowest BCUT2D eigenvalue weighted by Gasteiger charge is -2.29. The topological polar surface area (TPSA) is 49.8 Å². The van der Waals surface area contributed by atoms with Crippen LogP contribution in [0.3, 0.4) is 0 Å². The molecule has 0 aromatic rings. The Labute approximate surface area is 103 Å². The highest BCUT2D eigenvalue weighted by atomic mass is 16.6. The van der Waals surface area contributed by atoms with E-state index >= 15 is 0 Å². The Balaban J connectivity index is 1.96. The Bertz CT molecular complexity index is 310. The molecule has 0 bridgehead atoms. The van der Waals surface area contributed by atoms with Gasteiger partial charge < -0.3 is 14.7 Å². The standard InChI is InChI=1S/C13H23NO3/c1-12(2,3)17-11(16)14-8-7-13(9-14)6-4-5-10(13)15/h10,15H,4-9H2,1-3H3/t10-,13+/m0/s1. The molecule has 1 aliphatic heterocycles. The van der Waals surface area contributed by atoms with E-state index in [1.807, 2.05) is 20.8 Å². The highest BCUT2D eigenvalue weighted by molar-refractivity contribution is 5.68. The molecular weight excluding hydrogens is 218 g/mol. The van der Waals surface area contributed by atoms with Crippen LogP contribution in [0.5, 0.6) is 0 Å². The molecule has 0 radical (unpaired) electrons. The molecule has 1 aliphatic carbocycles. The minimum absolute atomic E-state index is 0.0447. The number of aliphatic hydroxyl groups is 1. The van der Waals surface area contributed by atoms with E-state index in [-0.39, 0.29) is 17.6 Å². The van der Waals surface area contributed by atoms with E-state index in [0.29, 0.717) is 13.1 Å². The Kier molecular flexibility index (Phi) is 3.10. The molecule has 0 unspecified atom stereocenters. The summed E-state index contributed by atoms with van der Waals surface area (Å²) in [6, 6.07) is 0. The van der Waals surface area contributed by atoms with Gasteiger partial charge in [-0.15, -0.1) is 0 Å². The number of hydrogen-bond donors (Lipinski definition) is 1. The summed E-state index contributed by atoms with van der Waals surface area (Å²) in [5, 5.41) is 10.0. The molecule has 98 valence electrons. The quantitative estimate of drug-likeness (QED) is 0.707. The summed E-state index contributed by atoms with van der Waals surface area (Å²) in [5.74, 6) is 0. The Morgan fingerprint density at radius 3 is 2.65 bits per heavy atom. The van der Waals surface area contributed by atoms with Crippen molar-refractivity contribution in [3.63, 3.8) is 0 Å². The van der Waals surface area contributed by atoms with Crippen LogP contribution in [0.4, 0.5) is 4.79 Å². The lowest BCUT2D eigenvalue weighted by molar-refractivity contribution is 0.0204. The molecule has 1 saturated heterocycles. The van der Waals surface area contributed by atoms with Crippen molar-refractivity contribution in [2.45, 2.75) is 58.2 Å². The van der Waals surface area contributed by atoms with E-state index in [9.17, 15) is 9.90 Å². The minimum Gasteiger partial charge on any atom is -0.444 e. The third-order valence-electron chi connectivity index (χ3n) is 3.90. The second kappa shape index (κ2) is 4.16. The van der Waals surface area contributed by atoms with Gasteiger partial charge in [-0.1, -0.05) is 6.42 Å². The van der Waals surface area contributed by atoms with E-state index < -0.39 is 5.60 Å². The average Bonchev–Trinajstić information content (AvgIpc) is 2.74. The van der Waals surface area contributed by atoms with Crippen molar-refractivity contribution < 1.29 is 14.6 Å². The van der Waals surface area contributed by atoms with Gasteiger partial charge in [0.1, 0.15) is 5.60 Å². The summed E-state index contributed by atoms with van der Waals surface area (Å²) in [4.78, 5) is 13.7. The zero-order valence-corrected chi connectivity index (χ0v) is 11.0. The number of aliphatic hydroxyl groups excluding tert-OH is 1. The number of rotatable bonds is 0. The molecular formula is C13H23NO3. The lowest BCUT2D eigenvalue weighted by Crippen LogP contribution is -2.39. The summed E-state index contributed by atoms with van der Waals surface area (Å²) >= 11 is 0. The highest BCUT2D eigenvalue weighted by Gasteiger charge is 2.48. The number of hydrogen-bond acceptors (Lipinski definition) is 3. The number of carbonyl (C=O) groups excluding carboxylic acids is 1. The summed E-state index contributed by atoms with van der Waals surface area (Å²) < 4.78 is 5.36. The van der Waals surface area contributed by atoms with Crippen molar-refractivity contribution >= 4 is 6.09 Å². The zero-order chi connectivity index (χ0) is 12.7. The monoisotopic (exact) mass is 241 g/mol. The van der Waals surface area contributed by atoms with Gasteiger partial charge >= 0.3 is 6.09 Å². The largest absolute Gasteiger partial charge is 0.444 e. The third kappa shape index (κ3) is 2.57. The second-order valence-corrected chi connectivity index (χ2v) is 6.42. The fraction of sp³-hybridized carbons (Fsp3) is 0.923. The number of ether oxygens (including phenoxy) is 1. The average molecular weight is 241 g/mol. The van der Waals surface area contributed by atoms with E-state index in [2.05, 4.69) is 0 Å². The van der Waals surface area contributed by atoms with Crippen molar-refractivity contribution in [1.82, 2.24) is 4.90 Å². The van der Waals surface area contributed by atoms with Crippen LogP contribution in [0.2, 0.25) is 0 Å². The van der Waals surface area contributed by atoms with Crippen molar-refractivity contribution in [3.8, 4) is 0 Å². The van der Waals surface area contributed by atoms with Gasteiger partial charge in [0, 0.05) is 18.5 Å². The fourth-order valence-corrected chi connectivity index (χ4v) is 2.97. The molecule has 1 spiro atoms. The summed E-state index contributed by atoms with van der Waals surface area (Å²) in [7, 11) is 0. The van der Waals surface area contributed by atoms with Gasteiger partial charge in [0.05, 0.1) is 6.10 Å².